The molecule has 8 N–H and O–H groups in total. The van der Waals surface area contributed by atoms with Crippen LogP contribution < -0.4 is 27.4 Å². The molecule has 4 atom stereocenters. The van der Waals surface area contributed by atoms with E-state index in [1.54, 1.807) is 26.0 Å². The summed E-state index contributed by atoms with van der Waals surface area (Å²) in [5.41, 5.74) is 13.3. The Morgan fingerprint density at radius 1 is 1.05 bits per heavy atom. The van der Waals surface area contributed by atoms with Crippen molar-refractivity contribution in [2.45, 2.75) is 55.6 Å². The van der Waals surface area contributed by atoms with Crippen molar-refractivity contribution in [3.8, 4) is 5.75 Å². The number of aromatic hydroxyl groups is 1. The van der Waals surface area contributed by atoms with Gasteiger partial charge in [-0.05, 0) is 43.5 Å². The summed E-state index contributed by atoms with van der Waals surface area (Å²) < 4.78 is -0.805. The second-order valence-electron chi connectivity index (χ2n) is 9.60. The number of rotatable bonds is 7. The van der Waals surface area contributed by atoms with E-state index in [0.717, 1.165) is 11.1 Å². The summed E-state index contributed by atoms with van der Waals surface area (Å²) in [5.74, 6) is -2.06. The van der Waals surface area contributed by atoms with E-state index in [1.165, 1.54) is 33.7 Å². The third-order valence-corrected chi connectivity index (χ3v) is 9.36. The molecule has 2 aromatic carbocycles. The minimum absolute atomic E-state index is 0.103. The summed E-state index contributed by atoms with van der Waals surface area (Å²) in [6, 6.07) is 11.5. The zero-order chi connectivity index (χ0) is 27.9. The van der Waals surface area contributed by atoms with Gasteiger partial charge in [0.1, 0.15) is 23.9 Å². The van der Waals surface area contributed by atoms with Gasteiger partial charge in [0.25, 0.3) is 0 Å². The predicted molar refractivity (Wildman–Crippen MR) is 149 cm³/mol. The normalized spacial score (nSPS) is 22.8. The largest absolute Gasteiger partial charge is 0.508 e. The molecule has 2 aromatic rings. The Balaban J connectivity index is 1.81. The number of carbonyl (C=O) groups is 4. The summed E-state index contributed by atoms with van der Waals surface area (Å²) in [7, 11) is 2.57. The third-order valence-electron chi connectivity index (χ3n) is 6.05. The highest BCUT2D eigenvalue weighted by Crippen LogP contribution is 2.38. The smallest absolute Gasteiger partial charge is 0.244 e. The van der Waals surface area contributed by atoms with Gasteiger partial charge in [-0.2, -0.15) is 0 Å². The first-order chi connectivity index (χ1) is 18.0. The van der Waals surface area contributed by atoms with Crippen molar-refractivity contribution >= 4 is 45.2 Å². The van der Waals surface area contributed by atoms with Crippen LogP contribution in [0.15, 0.2) is 54.6 Å². The molecule has 0 aliphatic carbocycles. The average Bonchev–Trinajstić information content (AvgIpc) is 2.88. The van der Waals surface area contributed by atoms with E-state index in [4.69, 9.17) is 11.5 Å². The fourth-order valence-corrected chi connectivity index (χ4v) is 6.73. The maximum absolute atomic E-state index is 13.3. The van der Waals surface area contributed by atoms with E-state index in [9.17, 15) is 24.3 Å². The number of hydrogen-bond acceptors (Lipinski definition) is 8. The van der Waals surface area contributed by atoms with Crippen LogP contribution >= 0.6 is 21.6 Å². The van der Waals surface area contributed by atoms with Crippen molar-refractivity contribution in [1.82, 2.24) is 16.0 Å². The third kappa shape index (κ3) is 8.14. The molecule has 12 heteroatoms. The first-order valence-corrected chi connectivity index (χ1v) is 14.4. The summed E-state index contributed by atoms with van der Waals surface area (Å²) in [5, 5.41) is 17.6. The molecule has 0 saturated carbocycles. The van der Waals surface area contributed by atoms with Crippen LogP contribution in [0.1, 0.15) is 25.0 Å². The highest BCUT2D eigenvalue weighted by molar-refractivity contribution is 8.77. The van der Waals surface area contributed by atoms with E-state index in [-0.39, 0.29) is 24.3 Å². The van der Waals surface area contributed by atoms with Crippen molar-refractivity contribution in [3.05, 3.63) is 65.7 Å². The maximum Gasteiger partial charge on any atom is 0.244 e. The molecule has 0 spiro atoms. The Morgan fingerprint density at radius 3 is 2.34 bits per heavy atom. The van der Waals surface area contributed by atoms with Crippen LogP contribution in [0.4, 0.5) is 0 Å². The molecule has 4 amide bonds. The van der Waals surface area contributed by atoms with Crippen LogP contribution in [-0.4, -0.2) is 63.4 Å². The molecule has 1 saturated heterocycles. The highest BCUT2D eigenvalue weighted by atomic mass is 33.1. The monoisotopic (exact) mass is 559 g/mol. The lowest BCUT2D eigenvalue weighted by atomic mass is 10.00. The second-order valence-corrected chi connectivity index (χ2v) is 12.6. The Labute approximate surface area is 229 Å². The predicted octanol–water partition coefficient (Wildman–Crippen LogP) is 0.618. The van der Waals surface area contributed by atoms with Crippen molar-refractivity contribution in [1.29, 1.82) is 0 Å². The van der Waals surface area contributed by atoms with Gasteiger partial charge in [0.2, 0.25) is 23.6 Å². The SMILES string of the molecule is CC1(C)SSC[C@@H](NC(=O)[C@@H](N)Cc2ccc(O)cc2)C(=O)NC(Cc2ccccc2)C(=O)N[C@@H]1C(N)=O. The molecule has 1 heterocycles. The number of hydrogen-bond donors (Lipinski definition) is 6. The quantitative estimate of drug-likeness (QED) is 0.267. The minimum Gasteiger partial charge on any atom is -0.508 e. The molecule has 10 nitrogen and oxygen atoms in total. The minimum atomic E-state index is -1.01. The first-order valence-electron chi connectivity index (χ1n) is 12.0. The lowest BCUT2D eigenvalue weighted by Gasteiger charge is -2.32. The van der Waals surface area contributed by atoms with E-state index in [2.05, 4.69) is 16.0 Å². The van der Waals surface area contributed by atoms with Gasteiger partial charge in [0, 0.05) is 16.9 Å². The number of primary amides is 1. The molecular formula is C26H33N5O5S2. The molecule has 3 rings (SSSR count). The summed E-state index contributed by atoms with van der Waals surface area (Å²) in [6.45, 7) is 3.56. The summed E-state index contributed by atoms with van der Waals surface area (Å²) in [4.78, 5) is 51.8. The molecule has 1 fully saturated rings. The fourth-order valence-electron chi connectivity index (χ4n) is 3.90. The lowest BCUT2D eigenvalue weighted by Crippen LogP contribution is -2.60. The molecule has 0 radical (unpaired) electrons. The van der Waals surface area contributed by atoms with Gasteiger partial charge >= 0.3 is 0 Å². The molecule has 1 unspecified atom stereocenters. The zero-order valence-electron chi connectivity index (χ0n) is 21.2. The number of phenols is 1. The van der Waals surface area contributed by atoms with E-state index >= 15 is 0 Å². The maximum atomic E-state index is 13.3. The van der Waals surface area contributed by atoms with Gasteiger partial charge in [-0.1, -0.05) is 64.1 Å². The Hall–Kier alpha value is -3.22. The van der Waals surface area contributed by atoms with Gasteiger partial charge in [0.15, 0.2) is 0 Å². The van der Waals surface area contributed by atoms with Crippen molar-refractivity contribution in [2.75, 3.05) is 5.75 Å². The second kappa shape index (κ2) is 13.0. The van der Waals surface area contributed by atoms with E-state index in [0.29, 0.717) is 0 Å². The van der Waals surface area contributed by atoms with E-state index < -0.39 is 52.5 Å². The topological polar surface area (TPSA) is 177 Å². The van der Waals surface area contributed by atoms with Crippen LogP contribution in [0.2, 0.25) is 0 Å². The Bertz CT molecular complexity index is 1150. The average molecular weight is 560 g/mol. The molecule has 1 aliphatic heterocycles. The standard InChI is InChI=1S/C26H33N5O5S2/c1-26(2)21(22(28)33)31-24(35)19(13-15-6-4-3-5-7-15)29-25(36)20(14-37-38-26)30-23(34)18(27)12-16-8-10-17(32)11-9-16/h3-11,18-21,32H,12-14,27H2,1-2H3,(H2,28,33)(H,29,36)(H,30,34)(H,31,35)/t18-,19?,20+,21+/m0/s1. The number of amides is 4. The van der Waals surface area contributed by atoms with Crippen molar-refractivity contribution in [3.63, 3.8) is 0 Å². The number of nitrogens with two attached hydrogens (primary N) is 2. The first kappa shape index (κ1) is 29.3. The zero-order valence-corrected chi connectivity index (χ0v) is 22.8. The number of carbonyl (C=O) groups excluding carboxylic acids is 4. The van der Waals surface area contributed by atoms with Crippen LogP contribution in [0.3, 0.4) is 0 Å². The number of nitrogens with one attached hydrogen (secondary N) is 3. The Morgan fingerprint density at radius 2 is 1.71 bits per heavy atom. The molecular weight excluding hydrogens is 526 g/mol. The summed E-state index contributed by atoms with van der Waals surface area (Å²) >= 11 is 0. The van der Waals surface area contributed by atoms with Crippen LogP contribution in [0.25, 0.3) is 0 Å². The summed E-state index contributed by atoms with van der Waals surface area (Å²) in [6.07, 6.45) is 0.375. The van der Waals surface area contributed by atoms with Crippen molar-refractivity contribution < 1.29 is 24.3 Å². The van der Waals surface area contributed by atoms with Gasteiger partial charge in [0.05, 0.1) is 6.04 Å². The molecule has 0 aromatic heterocycles. The molecule has 204 valence electrons. The van der Waals surface area contributed by atoms with Crippen molar-refractivity contribution in [2.24, 2.45) is 11.5 Å². The lowest BCUT2D eigenvalue weighted by molar-refractivity contribution is -0.133. The number of phenolic OH excluding ortho intramolecular Hbond substituents is 1. The highest BCUT2D eigenvalue weighted by Gasteiger charge is 2.39. The van der Waals surface area contributed by atoms with Crippen LogP contribution in [0, 0.1) is 0 Å². The molecule has 38 heavy (non-hydrogen) atoms. The van der Waals surface area contributed by atoms with Gasteiger partial charge in [-0.3, -0.25) is 19.2 Å². The van der Waals surface area contributed by atoms with E-state index in [1.807, 2.05) is 30.3 Å². The fraction of sp³-hybridized carbons (Fsp3) is 0.385. The Kier molecular flexibility index (Phi) is 10.1. The van der Waals surface area contributed by atoms with Gasteiger partial charge in [-0.25, -0.2) is 0 Å². The molecule has 0 bridgehead atoms. The van der Waals surface area contributed by atoms with Crippen LogP contribution in [-0.2, 0) is 32.0 Å². The van der Waals surface area contributed by atoms with Crippen LogP contribution in [0.5, 0.6) is 5.75 Å². The number of benzene rings is 2. The van der Waals surface area contributed by atoms with Gasteiger partial charge in [-0.15, -0.1) is 0 Å². The van der Waals surface area contributed by atoms with Gasteiger partial charge < -0.3 is 32.5 Å². The molecule has 1 aliphatic rings.